The van der Waals surface area contributed by atoms with Crippen molar-refractivity contribution < 1.29 is 4.39 Å². The summed E-state index contributed by atoms with van der Waals surface area (Å²) in [4.78, 5) is 8.36. The molecule has 1 heterocycles. The summed E-state index contributed by atoms with van der Waals surface area (Å²) in [6.07, 6.45) is 0. The van der Waals surface area contributed by atoms with E-state index in [1.165, 1.54) is 12.1 Å². The fraction of sp³-hybridized carbons (Fsp3) is 0.167. The summed E-state index contributed by atoms with van der Waals surface area (Å²) in [5.41, 5.74) is 0.890. The first kappa shape index (κ1) is 11.8. The molecular weight excluding hydrogens is 241 g/mol. The zero-order chi connectivity index (χ0) is 12.4. The first-order valence-electron chi connectivity index (χ1n) is 5.09. The highest BCUT2D eigenvalue weighted by Gasteiger charge is 2.09. The van der Waals surface area contributed by atoms with Gasteiger partial charge in [0.2, 0.25) is 0 Å². The zero-order valence-electron chi connectivity index (χ0n) is 9.46. The van der Waals surface area contributed by atoms with Crippen molar-refractivity contribution in [3.63, 3.8) is 0 Å². The van der Waals surface area contributed by atoms with Crippen LogP contribution in [0.4, 0.5) is 10.2 Å². The highest BCUT2D eigenvalue weighted by atomic mass is 35.5. The predicted octanol–water partition coefficient (Wildman–Crippen LogP) is 3.29. The number of aromatic nitrogens is 2. The molecule has 0 saturated heterocycles. The van der Waals surface area contributed by atoms with Crippen LogP contribution in [0.1, 0.15) is 5.82 Å². The Hall–Kier alpha value is -1.68. The van der Waals surface area contributed by atoms with Gasteiger partial charge in [-0.1, -0.05) is 11.6 Å². The third kappa shape index (κ3) is 2.53. The van der Waals surface area contributed by atoms with E-state index in [2.05, 4.69) is 15.3 Å². The highest BCUT2D eigenvalue weighted by molar-refractivity contribution is 6.30. The van der Waals surface area contributed by atoms with E-state index in [9.17, 15) is 4.39 Å². The van der Waals surface area contributed by atoms with Crippen LogP contribution in [0.2, 0.25) is 5.02 Å². The van der Waals surface area contributed by atoms with Crippen LogP contribution in [0.25, 0.3) is 11.3 Å². The van der Waals surface area contributed by atoms with E-state index < -0.39 is 0 Å². The Bertz CT molecular complexity index is 557. The minimum absolute atomic E-state index is 0.352. The molecule has 1 aromatic carbocycles. The van der Waals surface area contributed by atoms with E-state index in [1.807, 2.05) is 0 Å². The van der Waals surface area contributed by atoms with Crippen molar-refractivity contribution in [1.82, 2.24) is 9.97 Å². The van der Waals surface area contributed by atoms with Gasteiger partial charge in [-0.05, 0) is 25.1 Å². The van der Waals surface area contributed by atoms with Crippen molar-refractivity contribution in [3.05, 3.63) is 40.9 Å². The Labute approximate surface area is 104 Å². The topological polar surface area (TPSA) is 37.8 Å². The Morgan fingerprint density at radius 3 is 2.71 bits per heavy atom. The molecule has 0 unspecified atom stereocenters. The Morgan fingerprint density at radius 1 is 1.24 bits per heavy atom. The number of aryl methyl sites for hydroxylation is 1. The molecule has 1 N–H and O–H groups in total. The van der Waals surface area contributed by atoms with Crippen LogP contribution in [0.15, 0.2) is 24.3 Å². The van der Waals surface area contributed by atoms with Crippen molar-refractivity contribution in [2.45, 2.75) is 6.92 Å². The van der Waals surface area contributed by atoms with E-state index in [0.717, 1.165) is 0 Å². The molecule has 2 rings (SSSR count). The summed E-state index contributed by atoms with van der Waals surface area (Å²) in [7, 11) is 1.75. The number of hydrogen-bond donors (Lipinski definition) is 1. The third-order valence-electron chi connectivity index (χ3n) is 2.30. The van der Waals surface area contributed by atoms with E-state index in [0.29, 0.717) is 27.9 Å². The first-order valence-corrected chi connectivity index (χ1v) is 5.47. The molecule has 0 bridgehead atoms. The molecular formula is C12H11ClFN3. The summed E-state index contributed by atoms with van der Waals surface area (Å²) < 4.78 is 13.7. The lowest BCUT2D eigenvalue weighted by Gasteiger charge is -2.07. The molecule has 0 amide bonds. The Kier molecular flexibility index (Phi) is 3.24. The zero-order valence-corrected chi connectivity index (χ0v) is 10.2. The number of anilines is 1. The van der Waals surface area contributed by atoms with Gasteiger partial charge in [0.15, 0.2) is 0 Å². The fourth-order valence-electron chi connectivity index (χ4n) is 1.53. The number of benzene rings is 1. The molecule has 0 spiro atoms. The van der Waals surface area contributed by atoms with Gasteiger partial charge in [0.1, 0.15) is 17.5 Å². The van der Waals surface area contributed by atoms with E-state index >= 15 is 0 Å². The van der Waals surface area contributed by atoms with Gasteiger partial charge < -0.3 is 5.32 Å². The van der Waals surface area contributed by atoms with Crippen molar-refractivity contribution in [1.29, 1.82) is 0 Å². The van der Waals surface area contributed by atoms with Crippen LogP contribution in [0.3, 0.4) is 0 Å². The number of halogens is 2. The van der Waals surface area contributed by atoms with Gasteiger partial charge in [-0.15, -0.1) is 0 Å². The molecule has 0 atom stereocenters. The first-order chi connectivity index (χ1) is 8.10. The molecule has 17 heavy (non-hydrogen) atoms. The van der Waals surface area contributed by atoms with Gasteiger partial charge in [0.05, 0.1) is 5.69 Å². The van der Waals surface area contributed by atoms with Crippen LogP contribution in [0.5, 0.6) is 0 Å². The van der Waals surface area contributed by atoms with Crippen LogP contribution >= 0.6 is 11.6 Å². The highest BCUT2D eigenvalue weighted by Crippen LogP contribution is 2.25. The number of hydrogen-bond acceptors (Lipinski definition) is 3. The molecule has 0 aliphatic heterocycles. The van der Waals surface area contributed by atoms with E-state index in [4.69, 9.17) is 11.6 Å². The summed E-state index contributed by atoms with van der Waals surface area (Å²) in [6, 6.07) is 6.07. The summed E-state index contributed by atoms with van der Waals surface area (Å²) in [5, 5.41) is 3.38. The normalized spacial score (nSPS) is 10.4. The molecule has 0 radical (unpaired) electrons. The lowest BCUT2D eigenvalue weighted by atomic mass is 10.1. The maximum Gasteiger partial charge on any atom is 0.132 e. The lowest BCUT2D eigenvalue weighted by molar-refractivity contribution is 0.630. The largest absolute Gasteiger partial charge is 0.373 e. The van der Waals surface area contributed by atoms with Crippen molar-refractivity contribution >= 4 is 17.4 Å². The van der Waals surface area contributed by atoms with Crippen molar-refractivity contribution in [3.8, 4) is 11.3 Å². The van der Waals surface area contributed by atoms with Gasteiger partial charge in [-0.3, -0.25) is 0 Å². The maximum atomic E-state index is 13.7. The van der Waals surface area contributed by atoms with Gasteiger partial charge >= 0.3 is 0 Å². The SMILES string of the molecule is CNc1cc(-c2cc(Cl)ccc2F)nc(C)n1. The van der Waals surface area contributed by atoms with Gasteiger partial charge in [0, 0.05) is 23.7 Å². The lowest BCUT2D eigenvalue weighted by Crippen LogP contribution is -1.99. The standard InChI is InChI=1S/C12H11ClFN3/c1-7-16-11(6-12(15-2)17-7)9-5-8(13)3-4-10(9)14/h3-6H,1-2H3,(H,15,16,17). The average Bonchev–Trinajstić information content (AvgIpc) is 2.31. The van der Waals surface area contributed by atoms with Crippen LogP contribution in [0, 0.1) is 12.7 Å². The van der Waals surface area contributed by atoms with Crippen LogP contribution in [-0.4, -0.2) is 17.0 Å². The third-order valence-corrected chi connectivity index (χ3v) is 2.53. The van der Waals surface area contributed by atoms with Gasteiger partial charge in [-0.2, -0.15) is 0 Å². The monoisotopic (exact) mass is 251 g/mol. The molecule has 5 heteroatoms. The molecule has 0 fully saturated rings. The minimum atomic E-state index is -0.352. The number of nitrogens with one attached hydrogen (secondary N) is 1. The van der Waals surface area contributed by atoms with Crippen LogP contribution in [-0.2, 0) is 0 Å². The molecule has 2 aromatic rings. The number of rotatable bonds is 2. The smallest absolute Gasteiger partial charge is 0.132 e. The maximum absolute atomic E-state index is 13.7. The van der Waals surface area contributed by atoms with Crippen LogP contribution < -0.4 is 5.32 Å². The molecule has 88 valence electrons. The van der Waals surface area contributed by atoms with Crippen molar-refractivity contribution in [2.24, 2.45) is 0 Å². The van der Waals surface area contributed by atoms with Gasteiger partial charge in [-0.25, -0.2) is 14.4 Å². The van der Waals surface area contributed by atoms with Gasteiger partial charge in [0.25, 0.3) is 0 Å². The summed E-state index contributed by atoms with van der Waals surface area (Å²) in [5.74, 6) is 0.868. The van der Waals surface area contributed by atoms with Crippen molar-refractivity contribution in [2.75, 3.05) is 12.4 Å². The molecule has 3 nitrogen and oxygen atoms in total. The quantitative estimate of drug-likeness (QED) is 0.890. The Morgan fingerprint density at radius 2 is 2.00 bits per heavy atom. The fourth-order valence-corrected chi connectivity index (χ4v) is 1.70. The molecule has 0 aliphatic carbocycles. The average molecular weight is 252 g/mol. The van der Waals surface area contributed by atoms with E-state index in [-0.39, 0.29) is 5.82 Å². The summed E-state index contributed by atoms with van der Waals surface area (Å²) >= 11 is 5.85. The number of nitrogens with zero attached hydrogens (tertiary/aromatic N) is 2. The molecule has 0 saturated carbocycles. The second kappa shape index (κ2) is 4.67. The molecule has 1 aromatic heterocycles. The second-order valence-electron chi connectivity index (χ2n) is 3.56. The predicted molar refractivity (Wildman–Crippen MR) is 66.7 cm³/mol. The molecule has 0 aliphatic rings. The minimum Gasteiger partial charge on any atom is -0.373 e. The Balaban J connectivity index is 2.59. The summed E-state index contributed by atoms with van der Waals surface area (Å²) in [6.45, 7) is 1.76. The second-order valence-corrected chi connectivity index (χ2v) is 4.00. The van der Waals surface area contributed by atoms with E-state index in [1.54, 1.807) is 26.1 Å².